The van der Waals surface area contributed by atoms with E-state index in [2.05, 4.69) is 5.32 Å². The van der Waals surface area contributed by atoms with E-state index in [4.69, 9.17) is 9.15 Å². The number of carbonyl (C=O) groups is 1. The normalized spacial score (nSPS) is 11.9. The number of fused-ring (bicyclic) bond motifs is 1. The van der Waals surface area contributed by atoms with Crippen molar-refractivity contribution in [1.29, 1.82) is 0 Å². The van der Waals surface area contributed by atoms with Crippen molar-refractivity contribution in [3.63, 3.8) is 0 Å². The van der Waals surface area contributed by atoms with Crippen LogP contribution in [0.2, 0.25) is 0 Å². The first kappa shape index (κ1) is 17.7. The third-order valence-corrected chi connectivity index (χ3v) is 4.07. The molecule has 0 saturated heterocycles. The van der Waals surface area contributed by atoms with Crippen LogP contribution in [0.3, 0.4) is 0 Å². The first-order chi connectivity index (χ1) is 12.6. The Kier molecular flexibility index (Phi) is 5.37. The first-order valence-electron chi connectivity index (χ1n) is 8.65. The highest BCUT2D eigenvalue weighted by Crippen LogP contribution is 2.21. The molecule has 0 aliphatic heterocycles. The summed E-state index contributed by atoms with van der Waals surface area (Å²) in [6, 6.07) is 16.1. The van der Waals surface area contributed by atoms with Crippen molar-refractivity contribution in [2.24, 2.45) is 0 Å². The Bertz CT molecular complexity index is 963. The third kappa shape index (κ3) is 3.94. The molecule has 3 aromatic rings. The summed E-state index contributed by atoms with van der Waals surface area (Å²) in [5.41, 5.74) is 0.686. The highest BCUT2D eigenvalue weighted by Gasteiger charge is 2.17. The molecule has 26 heavy (non-hydrogen) atoms. The summed E-state index contributed by atoms with van der Waals surface area (Å²) in [7, 11) is 0. The SMILES string of the molecule is CCCOc1ccc2cc(C(=O)NC(C)c3ccccc3)c(=O)oc2c1. The smallest absolute Gasteiger partial charge is 0.349 e. The molecule has 5 nitrogen and oxygen atoms in total. The topological polar surface area (TPSA) is 68.5 Å². The van der Waals surface area contributed by atoms with Gasteiger partial charge in [-0.3, -0.25) is 4.79 Å². The molecule has 3 rings (SSSR count). The predicted octanol–water partition coefficient (Wildman–Crippen LogP) is 4.07. The molecular formula is C21H21NO4. The second-order valence-corrected chi connectivity index (χ2v) is 6.10. The fourth-order valence-electron chi connectivity index (χ4n) is 2.66. The maximum atomic E-state index is 12.5. The van der Waals surface area contributed by atoms with Crippen molar-refractivity contribution in [2.45, 2.75) is 26.3 Å². The fourth-order valence-corrected chi connectivity index (χ4v) is 2.66. The van der Waals surface area contributed by atoms with E-state index in [0.29, 0.717) is 23.3 Å². The molecule has 1 N–H and O–H groups in total. The number of hydrogen-bond donors (Lipinski definition) is 1. The predicted molar refractivity (Wildman–Crippen MR) is 101 cm³/mol. The van der Waals surface area contributed by atoms with Crippen LogP contribution in [0.15, 0.2) is 63.8 Å². The lowest BCUT2D eigenvalue weighted by Gasteiger charge is -2.14. The van der Waals surface area contributed by atoms with Crippen LogP contribution in [0.5, 0.6) is 5.75 Å². The van der Waals surface area contributed by atoms with E-state index in [1.807, 2.05) is 44.2 Å². The molecule has 0 radical (unpaired) electrons. The standard InChI is InChI=1S/C21H21NO4/c1-3-11-25-17-10-9-16-12-18(21(24)26-19(16)13-17)20(23)22-14(2)15-7-5-4-6-8-15/h4-10,12-14H,3,11H2,1-2H3,(H,22,23). The minimum Gasteiger partial charge on any atom is -0.493 e. The number of amides is 1. The zero-order valence-electron chi connectivity index (χ0n) is 14.8. The van der Waals surface area contributed by atoms with Crippen molar-refractivity contribution < 1.29 is 13.9 Å². The summed E-state index contributed by atoms with van der Waals surface area (Å²) < 4.78 is 10.9. The quantitative estimate of drug-likeness (QED) is 0.680. The van der Waals surface area contributed by atoms with Gasteiger partial charge in [-0.15, -0.1) is 0 Å². The third-order valence-electron chi connectivity index (χ3n) is 4.07. The monoisotopic (exact) mass is 351 g/mol. The molecular weight excluding hydrogens is 330 g/mol. The van der Waals surface area contributed by atoms with E-state index >= 15 is 0 Å². The van der Waals surface area contributed by atoms with Gasteiger partial charge in [-0.05, 0) is 37.1 Å². The van der Waals surface area contributed by atoms with Crippen molar-refractivity contribution in [1.82, 2.24) is 5.32 Å². The van der Waals surface area contributed by atoms with Crippen molar-refractivity contribution in [3.05, 3.63) is 76.1 Å². The van der Waals surface area contributed by atoms with Crippen LogP contribution in [0.4, 0.5) is 0 Å². The molecule has 1 atom stereocenters. The van der Waals surface area contributed by atoms with Crippen LogP contribution < -0.4 is 15.7 Å². The van der Waals surface area contributed by atoms with Gasteiger partial charge in [0.25, 0.3) is 5.91 Å². The first-order valence-corrected chi connectivity index (χ1v) is 8.65. The Hall–Kier alpha value is -3.08. The Morgan fingerprint density at radius 1 is 1.15 bits per heavy atom. The summed E-state index contributed by atoms with van der Waals surface area (Å²) in [6.45, 7) is 4.48. The summed E-state index contributed by atoms with van der Waals surface area (Å²) in [5, 5.41) is 3.51. The number of rotatable bonds is 6. The minimum absolute atomic E-state index is 0.0116. The van der Waals surface area contributed by atoms with Gasteiger partial charge in [0.05, 0.1) is 12.6 Å². The molecule has 5 heteroatoms. The lowest BCUT2D eigenvalue weighted by atomic mass is 10.1. The van der Waals surface area contributed by atoms with Crippen LogP contribution in [-0.4, -0.2) is 12.5 Å². The molecule has 1 amide bonds. The van der Waals surface area contributed by atoms with Gasteiger partial charge in [0.15, 0.2) is 0 Å². The van der Waals surface area contributed by atoms with E-state index in [1.54, 1.807) is 24.3 Å². The highest BCUT2D eigenvalue weighted by atomic mass is 16.5. The maximum absolute atomic E-state index is 12.5. The van der Waals surface area contributed by atoms with E-state index in [0.717, 1.165) is 12.0 Å². The average molecular weight is 351 g/mol. The number of nitrogens with one attached hydrogen (secondary N) is 1. The summed E-state index contributed by atoms with van der Waals surface area (Å²) in [5.74, 6) is 0.181. The largest absolute Gasteiger partial charge is 0.493 e. The molecule has 0 bridgehead atoms. The minimum atomic E-state index is -0.664. The Balaban J connectivity index is 1.84. The van der Waals surface area contributed by atoms with Gasteiger partial charge in [0.1, 0.15) is 16.9 Å². The number of carbonyl (C=O) groups excluding carboxylic acids is 1. The molecule has 0 fully saturated rings. The molecule has 0 aliphatic carbocycles. The Morgan fingerprint density at radius 3 is 2.65 bits per heavy atom. The van der Waals surface area contributed by atoms with Crippen LogP contribution >= 0.6 is 0 Å². The Labute approximate surface area is 151 Å². The van der Waals surface area contributed by atoms with Crippen LogP contribution in [0, 0.1) is 0 Å². The van der Waals surface area contributed by atoms with Gasteiger partial charge in [-0.2, -0.15) is 0 Å². The fraction of sp³-hybridized carbons (Fsp3) is 0.238. The van der Waals surface area contributed by atoms with Crippen molar-refractivity contribution in [2.75, 3.05) is 6.61 Å². The van der Waals surface area contributed by atoms with E-state index in [1.165, 1.54) is 0 Å². The number of benzene rings is 2. The zero-order chi connectivity index (χ0) is 18.5. The molecule has 1 unspecified atom stereocenters. The van der Waals surface area contributed by atoms with E-state index < -0.39 is 11.5 Å². The van der Waals surface area contributed by atoms with Gasteiger partial charge in [0.2, 0.25) is 0 Å². The number of ether oxygens (including phenoxy) is 1. The molecule has 134 valence electrons. The van der Waals surface area contributed by atoms with Gasteiger partial charge in [-0.25, -0.2) is 4.79 Å². The van der Waals surface area contributed by atoms with Crippen LogP contribution in [0.1, 0.15) is 42.2 Å². The van der Waals surface area contributed by atoms with Gasteiger partial charge < -0.3 is 14.5 Å². The molecule has 1 aromatic heterocycles. The van der Waals surface area contributed by atoms with Crippen LogP contribution in [-0.2, 0) is 0 Å². The molecule has 0 spiro atoms. The van der Waals surface area contributed by atoms with Crippen LogP contribution in [0.25, 0.3) is 11.0 Å². The average Bonchev–Trinajstić information content (AvgIpc) is 2.66. The summed E-state index contributed by atoms with van der Waals surface area (Å²) in [4.78, 5) is 24.8. The molecule has 1 heterocycles. The second kappa shape index (κ2) is 7.87. The number of hydrogen-bond acceptors (Lipinski definition) is 4. The Morgan fingerprint density at radius 2 is 1.92 bits per heavy atom. The van der Waals surface area contributed by atoms with Gasteiger partial charge in [0, 0.05) is 11.5 Å². The molecule has 0 saturated carbocycles. The van der Waals surface area contributed by atoms with Crippen molar-refractivity contribution >= 4 is 16.9 Å². The van der Waals surface area contributed by atoms with E-state index in [-0.39, 0.29) is 11.6 Å². The second-order valence-electron chi connectivity index (χ2n) is 6.10. The van der Waals surface area contributed by atoms with E-state index in [9.17, 15) is 9.59 Å². The lowest BCUT2D eigenvalue weighted by molar-refractivity contribution is 0.0936. The zero-order valence-corrected chi connectivity index (χ0v) is 14.8. The van der Waals surface area contributed by atoms with Gasteiger partial charge in [-0.1, -0.05) is 37.3 Å². The van der Waals surface area contributed by atoms with Gasteiger partial charge >= 0.3 is 5.63 Å². The lowest BCUT2D eigenvalue weighted by Crippen LogP contribution is -2.30. The summed E-state index contributed by atoms with van der Waals surface area (Å²) in [6.07, 6.45) is 0.890. The van der Waals surface area contributed by atoms with Crippen molar-refractivity contribution in [3.8, 4) is 5.75 Å². The summed E-state index contributed by atoms with van der Waals surface area (Å²) >= 11 is 0. The molecule has 2 aromatic carbocycles. The highest BCUT2D eigenvalue weighted by molar-refractivity contribution is 5.96. The maximum Gasteiger partial charge on any atom is 0.349 e. The molecule has 0 aliphatic rings.